The Labute approximate surface area is 161 Å². The van der Waals surface area contributed by atoms with Gasteiger partial charge in [0.25, 0.3) is 0 Å². The quantitative estimate of drug-likeness (QED) is 0.714. The maximum atomic E-state index is 12.1. The number of nitrogens with one attached hydrogen (secondary N) is 1. The molecule has 0 aromatic heterocycles. The molecular formula is C20H26N2O4S. The average Bonchev–Trinajstić information content (AvgIpc) is 2.61. The SMILES string of the molecule is CC(C)Oc1ccc(N(CCC(=O)NCc2ccccc2)S(C)(=O)=O)cc1. The lowest BCUT2D eigenvalue weighted by Gasteiger charge is -2.22. The molecule has 6 nitrogen and oxygen atoms in total. The molecule has 0 unspecified atom stereocenters. The number of nitrogens with zero attached hydrogens (tertiary/aromatic N) is 1. The molecule has 27 heavy (non-hydrogen) atoms. The molecule has 146 valence electrons. The number of amides is 1. The zero-order chi connectivity index (χ0) is 19.9. The third kappa shape index (κ3) is 6.94. The van der Waals surface area contributed by atoms with Gasteiger partial charge in [-0.2, -0.15) is 0 Å². The van der Waals surface area contributed by atoms with E-state index in [0.29, 0.717) is 18.0 Å². The second kappa shape index (κ2) is 9.41. The predicted molar refractivity (Wildman–Crippen MR) is 107 cm³/mol. The van der Waals surface area contributed by atoms with Crippen LogP contribution in [-0.2, 0) is 21.4 Å². The molecule has 2 aromatic carbocycles. The van der Waals surface area contributed by atoms with E-state index in [-0.39, 0.29) is 25.0 Å². The van der Waals surface area contributed by atoms with Crippen molar-refractivity contribution in [3.8, 4) is 5.75 Å². The van der Waals surface area contributed by atoms with Crippen LogP contribution in [0.3, 0.4) is 0 Å². The highest BCUT2D eigenvalue weighted by Crippen LogP contribution is 2.22. The summed E-state index contributed by atoms with van der Waals surface area (Å²) >= 11 is 0. The third-order valence-corrected chi connectivity index (χ3v) is 4.97. The molecule has 2 aromatic rings. The van der Waals surface area contributed by atoms with Gasteiger partial charge in [0.1, 0.15) is 5.75 Å². The number of hydrogen-bond acceptors (Lipinski definition) is 4. The fraction of sp³-hybridized carbons (Fsp3) is 0.350. The van der Waals surface area contributed by atoms with Crippen LogP contribution in [0.5, 0.6) is 5.75 Å². The first kappa shape index (κ1) is 20.8. The largest absolute Gasteiger partial charge is 0.491 e. The van der Waals surface area contributed by atoms with Gasteiger partial charge >= 0.3 is 0 Å². The smallest absolute Gasteiger partial charge is 0.232 e. The molecule has 0 saturated heterocycles. The van der Waals surface area contributed by atoms with Crippen LogP contribution in [-0.4, -0.2) is 33.2 Å². The fourth-order valence-corrected chi connectivity index (χ4v) is 3.47. The summed E-state index contributed by atoms with van der Waals surface area (Å²) in [6, 6.07) is 16.4. The molecule has 0 aliphatic carbocycles. The first-order chi connectivity index (χ1) is 12.8. The molecule has 0 spiro atoms. The van der Waals surface area contributed by atoms with E-state index in [9.17, 15) is 13.2 Å². The molecule has 1 amide bonds. The number of carbonyl (C=O) groups is 1. The van der Waals surface area contributed by atoms with Gasteiger partial charge in [-0.25, -0.2) is 8.42 Å². The fourth-order valence-electron chi connectivity index (χ4n) is 2.54. The zero-order valence-corrected chi connectivity index (χ0v) is 16.7. The third-order valence-electron chi connectivity index (χ3n) is 3.77. The molecule has 0 aliphatic rings. The summed E-state index contributed by atoms with van der Waals surface area (Å²) in [7, 11) is -3.50. The number of benzene rings is 2. The van der Waals surface area contributed by atoms with Crippen molar-refractivity contribution < 1.29 is 17.9 Å². The van der Waals surface area contributed by atoms with E-state index in [1.165, 1.54) is 4.31 Å². The highest BCUT2D eigenvalue weighted by atomic mass is 32.2. The van der Waals surface area contributed by atoms with E-state index in [1.807, 2.05) is 44.2 Å². The molecule has 7 heteroatoms. The summed E-state index contributed by atoms with van der Waals surface area (Å²) in [5.74, 6) is 0.468. The van der Waals surface area contributed by atoms with Crippen LogP contribution in [0.1, 0.15) is 25.8 Å². The number of rotatable bonds is 9. The van der Waals surface area contributed by atoms with Crippen LogP contribution in [0.25, 0.3) is 0 Å². The van der Waals surface area contributed by atoms with Gasteiger partial charge in [0.2, 0.25) is 15.9 Å². The first-order valence-electron chi connectivity index (χ1n) is 8.81. The van der Waals surface area contributed by atoms with E-state index < -0.39 is 10.0 Å². The van der Waals surface area contributed by atoms with Crippen molar-refractivity contribution in [2.75, 3.05) is 17.1 Å². The van der Waals surface area contributed by atoms with Crippen LogP contribution in [0.2, 0.25) is 0 Å². The number of sulfonamides is 1. The second-order valence-corrected chi connectivity index (χ2v) is 8.41. The van der Waals surface area contributed by atoms with Gasteiger partial charge in [0, 0.05) is 19.5 Å². The Hall–Kier alpha value is -2.54. The minimum Gasteiger partial charge on any atom is -0.491 e. The topological polar surface area (TPSA) is 75.7 Å². The van der Waals surface area contributed by atoms with Gasteiger partial charge in [-0.3, -0.25) is 9.10 Å². The maximum Gasteiger partial charge on any atom is 0.232 e. The monoisotopic (exact) mass is 390 g/mol. The lowest BCUT2D eigenvalue weighted by atomic mass is 10.2. The second-order valence-electron chi connectivity index (χ2n) is 6.51. The normalized spacial score (nSPS) is 11.3. The van der Waals surface area contributed by atoms with Crippen molar-refractivity contribution >= 4 is 21.6 Å². The molecule has 0 radical (unpaired) electrons. The molecule has 2 rings (SSSR count). The number of ether oxygens (including phenoxy) is 1. The Balaban J connectivity index is 1.97. The highest BCUT2D eigenvalue weighted by molar-refractivity contribution is 7.92. The minimum absolute atomic E-state index is 0.0372. The van der Waals surface area contributed by atoms with Crippen LogP contribution in [0.4, 0.5) is 5.69 Å². The summed E-state index contributed by atoms with van der Waals surface area (Å²) in [5.41, 5.74) is 1.50. The van der Waals surface area contributed by atoms with E-state index in [1.54, 1.807) is 24.3 Å². The van der Waals surface area contributed by atoms with E-state index in [0.717, 1.165) is 11.8 Å². The van der Waals surface area contributed by atoms with Gasteiger partial charge in [0.05, 0.1) is 18.0 Å². The first-order valence-corrected chi connectivity index (χ1v) is 10.7. The van der Waals surface area contributed by atoms with Crippen molar-refractivity contribution in [3.63, 3.8) is 0 Å². The van der Waals surface area contributed by atoms with Crippen molar-refractivity contribution in [3.05, 3.63) is 60.2 Å². The Morgan fingerprint density at radius 3 is 2.26 bits per heavy atom. The van der Waals surface area contributed by atoms with Gasteiger partial charge in [0.15, 0.2) is 0 Å². The predicted octanol–water partition coefficient (Wildman–Crippen LogP) is 2.95. The minimum atomic E-state index is -3.50. The van der Waals surface area contributed by atoms with Gasteiger partial charge < -0.3 is 10.1 Å². The van der Waals surface area contributed by atoms with Crippen molar-refractivity contribution in [2.45, 2.75) is 32.9 Å². The molecule has 0 atom stereocenters. The molecule has 0 aliphatic heterocycles. The van der Waals surface area contributed by atoms with Crippen molar-refractivity contribution in [1.82, 2.24) is 5.32 Å². The van der Waals surface area contributed by atoms with E-state index >= 15 is 0 Å². The Morgan fingerprint density at radius 2 is 1.70 bits per heavy atom. The maximum absolute atomic E-state index is 12.1. The number of hydrogen-bond donors (Lipinski definition) is 1. The highest BCUT2D eigenvalue weighted by Gasteiger charge is 2.18. The van der Waals surface area contributed by atoms with Crippen LogP contribution < -0.4 is 14.4 Å². The average molecular weight is 391 g/mol. The molecule has 0 bridgehead atoms. The summed E-state index contributed by atoms with van der Waals surface area (Å²) in [6.45, 7) is 4.33. The Kier molecular flexibility index (Phi) is 7.24. The van der Waals surface area contributed by atoms with E-state index in [2.05, 4.69) is 5.32 Å². The molecule has 0 fully saturated rings. The molecule has 0 heterocycles. The number of anilines is 1. The summed E-state index contributed by atoms with van der Waals surface area (Å²) in [6.07, 6.45) is 1.24. The van der Waals surface area contributed by atoms with Gasteiger partial charge in [-0.05, 0) is 43.7 Å². The standard InChI is InChI=1S/C20H26N2O4S/c1-16(2)26-19-11-9-18(10-12-19)22(27(3,24)25)14-13-20(23)21-15-17-7-5-4-6-8-17/h4-12,16H,13-15H2,1-3H3,(H,21,23). The molecule has 0 saturated carbocycles. The van der Waals surface area contributed by atoms with Crippen molar-refractivity contribution in [2.24, 2.45) is 0 Å². The van der Waals surface area contributed by atoms with Crippen molar-refractivity contribution in [1.29, 1.82) is 0 Å². The molecular weight excluding hydrogens is 364 g/mol. The van der Waals surface area contributed by atoms with Crippen LogP contribution >= 0.6 is 0 Å². The Morgan fingerprint density at radius 1 is 1.07 bits per heavy atom. The summed E-state index contributed by atoms with van der Waals surface area (Å²) < 4.78 is 31.1. The molecule has 1 N–H and O–H groups in total. The lowest BCUT2D eigenvalue weighted by molar-refractivity contribution is -0.121. The zero-order valence-electron chi connectivity index (χ0n) is 15.9. The van der Waals surface area contributed by atoms with Crippen LogP contribution in [0, 0.1) is 0 Å². The van der Waals surface area contributed by atoms with Gasteiger partial charge in [-0.15, -0.1) is 0 Å². The van der Waals surface area contributed by atoms with Gasteiger partial charge in [-0.1, -0.05) is 30.3 Å². The van der Waals surface area contributed by atoms with Crippen LogP contribution in [0.15, 0.2) is 54.6 Å². The Bertz CT molecular complexity index is 834. The summed E-state index contributed by atoms with van der Waals surface area (Å²) in [5, 5.41) is 2.81. The number of carbonyl (C=O) groups excluding carboxylic acids is 1. The lowest BCUT2D eigenvalue weighted by Crippen LogP contribution is -2.34. The van der Waals surface area contributed by atoms with E-state index in [4.69, 9.17) is 4.74 Å². The summed E-state index contributed by atoms with van der Waals surface area (Å²) in [4.78, 5) is 12.1.